The number of anilines is 1. The summed E-state index contributed by atoms with van der Waals surface area (Å²) in [7, 11) is 0. The Bertz CT molecular complexity index is 1420. The van der Waals surface area contributed by atoms with Crippen molar-refractivity contribution in [1.29, 1.82) is 0 Å². The van der Waals surface area contributed by atoms with Gasteiger partial charge in [-0.2, -0.15) is 5.10 Å². The van der Waals surface area contributed by atoms with E-state index in [2.05, 4.69) is 51.7 Å². The highest BCUT2D eigenvalue weighted by Crippen LogP contribution is 2.30. The van der Waals surface area contributed by atoms with Gasteiger partial charge >= 0.3 is 0 Å². The van der Waals surface area contributed by atoms with Gasteiger partial charge in [-0.25, -0.2) is 14.6 Å². The molecule has 0 saturated carbocycles. The maximum atomic E-state index is 13.4. The summed E-state index contributed by atoms with van der Waals surface area (Å²) < 4.78 is 1.91. The summed E-state index contributed by atoms with van der Waals surface area (Å²) in [5, 5.41) is 5.67. The Morgan fingerprint density at radius 2 is 1.69 bits per heavy atom. The van der Waals surface area contributed by atoms with Gasteiger partial charge in [-0.3, -0.25) is 4.79 Å². The molecule has 1 atom stereocenters. The first-order valence-electron chi connectivity index (χ1n) is 14.2. The molecule has 7 heteroatoms. The standard InChI is InChI=1S/C32H40N6O/c1-6-11-23(2)28-34-29(27-22-33-38(30(27)35-28)26-12-8-7-9-13-26)36-18-10-19-37(21-20-36)31(39)24-14-16-25(17-15-24)32(3,4)5/h7-9,12-17,22-23H,6,10-11,18-21H2,1-5H3/t23-/m0/s1. The first-order chi connectivity index (χ1) is 18.8. The van der Waals surface area contributed by atoms with Crippen LogP contribution in [0.15, 0.2) is 60.8 Å². The molecule has 2 aromatic carbocycles. The second-order valence-electron chi connectivity index (χ2n) is 11.7. The van der Waals surface area contributed by atoms with E-state index >= 15 is 0 Å². The van der Waals surface area contributed by atoms with Crippen molar-refractivity contribution in [3.05, 3.63) is 77.7 Å². The minimum atomic E-state index is 0.0648. The number of para-hydroxylation sites is 1. The van der Waals surface area contributed by atoms with E-state index in [9.17, 15) is 4.79 Å². The number of fused-ring (bicyclic) bond motifs is 1. The molecular weight excluding hydrogens is 484 g/mol. The average Bonchev–Trinajstić information content (AvgIpc) is 3.21. The minimum Gasteiger partial charge on any atom is -0.354 e. The third-order valence-corrected chi connectivity index (χ3v) is 7.67. The summed E-state index contributed by atoms with van der Waals surface area (Å²) in [6.07, 6.45) is 4.87. The van der Waals surface area contributed by atoms with E-state index in [1.807, 2.05) is 58.2 Å². The lowest BCUT2D eigenvalue weighted by Gasteiger charge is -2.24. The number of carbonyl (C=O) groups is 1. The predicted molar refractivity (Wildman–Crippen MR) is 158 cm³/mol. The van der Waals surface area contributed by atoms with Crippen LogP contribution < -0.4 is 4.90 Å². The molecule has 0 N–H and O–H groups in total. The molecule has 0 spiro atoms. The zero-order valence-corrected chi connectivity index (χ0v) is 23.9. The van der Waals surface area contributed by atoms with Crippen LogP contribution in [0.2, 0.25) is 0 Å². The number of hydrogen-bond acceptors (Lipinski definition) is 5. The van der Waals surface area contributed by atoms with Gasteiger partial charge in [0.25, 0.3) is 5.91 Å². The Kier molecular flexibility index (Phi) is 7.69. The highest BCUT2D eigenvalue weighted by Gasteiger charge is 2.25. The first kappa shape index (κ1) is 26.9. The quantitative estimate of drug-likeness (QED) is 0.293. The number of aromatic nitrogens is 4. The van der Waals surface area contributed by atoms with Crippen molar-refractivity contribution in [2.75, 3.05) is 31.1 Å². The van der Waals surface area contributed by atoms with E-state index in [-0.39, 0.29) is 17.2 Å². The van der Waals surface area contributed by atoms with Crippen LogP contribution in [0, 0.1) is 0 Å². The molecule has 39 heavy (non-hydrogen) atoms. The van der Waals surface area contributed by atoms with Gasteiger partial charge in [0.05, 0.1) is 17.3 Å². The average molecular weight is 525 g/mol. The molecule has 3 heterocycles. The predicted octanol–water partition coefficient (Wildman–Crippen LogP) is 6.37. The Hall–Kier alpha value is -3.74. The Balaban J connectivity index is 1.43. The summed E-state index contributed by atoms with van der Waals surface area (Å²) in [6.45, 7) is 13.9. The van der Waals surface area contributed by atoms with Crippen LogP contribution in [0.4, 0.5) is 5.82 Å². The molecule has 0 radical (unpaired) electrons. The minimum absolute atomic E-state index is 0.0648. The van der Waals surface area contributed by atoms with E-state index in [0.717, 1.165) is 72.8 Å². The monoisotopic (exact) mass is 524 g/mol. The lowest BCUT2D eigenvalue weighted by atomic mass is 9.86. The molecular formula is C32H40N6O. The van der Waals surface area contributed by atoms with Crippen LogP contribution in [-0.4, -0.2) is 56.7 Å². The molecule has 7 nitrogen and oxygen atoms in total. The molecule has 1 fully saturated rings. The molecule has 5 rings (SSSR count). The van der Waals surface area contributed by atoms with Crippen LogP contribution in [0.25, 0.3) is 16.7 Å². The fourth-order valence-corrected chi connectivity index (χ4v) is 5.32. The highest BCUT2D eigenvalue weighted by atomic mass is 16.2. The Labute approximate surface area is 231 Å². The molecule has 1 amide bonds. The number of hydrogen-bond donors (Lipinski definition) is 0. The fourth-order valence-electron chi connectivity index (χ4n) is 5.32. The summed E-state index contributed by atoms with van der Waals surface area (Å²) in [6, 6.07) is 18.2. The Morgan fingerprint density at radius 1 is 0.949 bits per heavy atom. The second-order valence-corrected chi connectivity index (χ2v) is 11.7. The summed E-state index contributed by atoms with van der Waals surface area (Å²) >= 11 is 0. The summed E-state index contributed by atoms with van der Waals surface area (Å²) in [4.78, 5) is 27.8. The topological polar surface area (TPSA) is 67.2 Å². The van der Waals surface area contributed by atoms with Crippen LogP contribution >= 0.6 is 0 Å². The number of benzene rings is 2. The summed E-state index contributed by atoms with van der Waals surface area (Å²) in [5.41, 5.74) is 3.87. The molecule has 2 aromatic heterocycles. The van der Waals surface area contributed by atoms with Gasteiger partial charge in [0.15, 0.2) is 5.65 Å². The Morgan fingerprint density at radius 3 is 2.38 bits per heavy atom. The van der Waals surface area contributed by atoms with E-state index < -0.39 is 0 Å². The van der Waals surface area contributed by atoms with Crippen molar-refractivity contribution in [2.24, 2.45) is 0 Å². The SMILES string of the molecule is CCC[C@H](C)c1nc(N2CCCN(C(=O)c3ccc(C(C)(C)C)cc3)CC2)c2cnn(-c3ccccc3)c2n1. The van der Waals surface area contributed by atoms with Crippen LogP contribution in [0.3, 0.4) is 0 Å². The van der Waals surface area contributed by atoms with Crippen molar-refractivity contribution >= 4 is 22.8 Å². The van der Waals surface area contributed by atoms with Gasteiger partial charge in [-0.05, 0) is 48.1 Å². The van der Waals surface area contributed by atoms with E-state index in [1.54, 1.807) is 0 Å². The molecule has 204 valence electrons. The number of rotatable bonds is 6. The normalized spacial score (nSPS) is 15.4. The first-order valence-corrected chi connectivity index (χ1v) is 14.2. The van der Waals surface area contributed by atoms with Crippen LogP contribution in [-0.2, 0) is 5.41 Å². The summed E-state index contributed by atoms with van der Waals surface area (Å²) in [5.74, 6) is 2.12. The fraction of sp³-hybridized carbons (Fsp3) is 0.438. The van der Waals surface area contributed by atoms with Gasteiger partial charge in [-0.15, -0.1) is 0 Å². The number of carbonyl (C=O) groups excluding carboxylic acids is 1. The van der Waals surface area contributed by atoms with Gasteiger partial charge in [-0.1, -0.05) is 71.4 Å². The van der Waals surface area contributed by atoms with Gasteiger partial charge in [0.2, 0.25) is 0 Å². The lowest BCUT2D eigenvalue weighted by molar-refractivity contribution is 0.0767. The van der Waals surface area contributed by atoms with E-state index in [4.69, 9.17) is 15.1 Å². The van der Waals surface area contributed by atoms with Gasteiger partial charge in [0.1, 0.15) is 11.6 Å². The van der Waals surface area contributed by atoms with Crippen molar-refractivity contribution in [1.82, 2.24) is 24.6 Å². The van der Waals surface area contributed by atoms with Crippen molar-refractivity contribution < 1.29 is 4.79 Å². The number of amides is 1. The molecule has 1 aliphatic rings. The van der Waals surface area contributed by atoms with Gasteiger partial charge in [0, 0.05) is 37.7 Å². The molecule has 1 aliphatic heterocycles. The largest absolute Gasteiger partial charge is 0.354 e. The molecule has 0 aliphatic carbocycles. The van der Waals surface area contributed by atoms with E-state index in [1.165, 1.54) is 5.56 Å². The maximum absolute atomic E-state index is 13.4. The number of nitrogens with zero attached hydrogens (tertiary/aromatic N) is 6. The smallest absolute Gasteiger partial charge is 0.253 e. The third-order valence-electron chi connectivity index (χ3n) is 7.67. The van der Waals surface area contributed by atoms with Crippen molar-refractivity contribution in [2.45, 2.75) is 65.2 Å². The molecule has 4 aromatic rings. The van der Waals surface area contributed by atoms with Gasteiger partial charge < -0.3 is 9.80 Å². The second kappa shape index (κ2) is 11.2. The van der Waals surface area contributed by atoms with Crippen molar-refractivity contribution in [3.8, 4) is 5.69 Å². The zero-order valence-electron chi connectivity index (χ0n) is 23.9. The molecule has 0 bridgehead atoms. The lowest BCUT2D eigenvalue weighted by Crippen LogP contribution is -2.35. The van der Waals surface area contributed by atoms with Crippen molar-refractivity contribution in [3.63, 3.8) is 0 Å². The zero-order chi connectivity index (χ0) is 27.6. The van der Waals surface area contributed by atoms with Crippen LogP contribution in [0.5, 0.6) is 0 Å². The third kappa shape index (κ3) is 5.68. The van der Waals surface area contributed by atoms with E-state index in [0.29, 0.717) is 6.54 Å². The van der Waals surface area contributed by atoms with Crippen LogP contribution in [0.1, 0.15) is 81.5 Å². The molecule has 0 unspecified atom stereocenters. The highest BCUT2D eigenvalue weighted by molar-refractivity contribution is 5.94. The molecule has 1 saturated heterocycles. The maximum Gasteiger partial charge on any atom is 0.253 e.